The van der Waals surface area contributed by atoms with Crippen LogP contribution in [0.25, 0.3) is 12.2 Å². The van der Waals surface area contributed by atoms with E-state index >= 15 is 0 Å². The first kappa shape index (κ1) is 22.2. The van der Waals surface area contributed by atoms with Crippen molar-refractivity contribution in [3.63, 3.8) is 0 Å². The largest absolute Gasteiger partial charge is 0.497 e. The number of allylic oxidation sites excluding steroid dienone is 2. The number of rotatable bonds is 7. The number of nitrogens with zero attached hydrogens (tertiary/aromatic N) is 1. The molecule has 2 nitrogen and oxygen atoms in total. The Bertz CT molecular complexity index is 1170. The van der Waals surface area contributed by atoms with E-state index in [1.165, 1.54) is 11.1 Å². The van der Waals surface area contributed by atoms with Gasteiger partial charge >= 0.3 is 0 Å². The second kappa shape index (κ2) is 10.5. The van der Waals surface area contributed by atoms with Crippen LogP contribution in [0.3, 0.4) is 0 Å². The fourth-order valence-corrected chi connectivity index (χ4v) is 3.62. The van der Waals surface area contributed by atoms with E-state index in [-0.39, 0.29) is 0 Å². The molecule has 4 aromatic rings. The lowest BCUT2D eigenvalue weighted by molar-refractivity contribution is 0.415. The van der Waals surface area contributed by atoms with Gasteiger partial charge in [0.2, 0.25) is 0 Å². The number of benzene rings is 4. The molecule has 0 saturated carbocycles. The third-order valence-corrected chi connectivity index (χ3v) is 5.54. The van der Waals surface area contributed by atoms with Crippen LogP contribution in [0.1, 0.15) is 22.3 Å². The zero-order valence-electron chi connectivity index (χ0n) is 19.4. The molecule has 0 N–H and O–H groups in total. The Hall–Kier alpha value is -4.04. The van der Waals surface area contributed by atoms with Crippen LogP contribution >= 0.6 is 0 Å². The van der Waals surface area contributed by atoms with E-state index in [0.717, 1.165) is 33.9 Å². The van der Waals surface area contributed by atoms with Crippen molar-refractivity contribution in [1.82, 2.24) is 0 Å². The summed E-state index contributed by atoms with van der Waals surface area (Å²) in [5.74, 6) is 0.869. The molecule has 0 saturated heterocycles. The first-order valence-electron chi connectivity index (χ1n) is 11.1. The molecule has 0 aliphatic rings. The molecule has 4 rings (SSSR count). The van der Waals surface area contributed by atoms with Gasteiger partial charge in [0, 0.05) is 17.1 Å². The maximum absolute atomic E-state index is 5.20. The molecule has 4 aromatic carbocycles. The van der Waals surface area contributed by atoms with Crippen LogP contribution in [0, 0.1) is 13.8 Å². The Kier molecular flexibility index (Phi) is 7.06. The maximum atomic E-state index is 5.20. The molecule has 2 heteroatoms. The highest BCUT2D eigenvalue weighted by atomic mass is 16.5. The monoisotopic (exact) mass is 431 g/mol. The second-order valence-corrected chi connectivity index (χ2v) is 8.09. The number of ether oxygens (including phenoxy) is 1. The van der Waals surface area contributed by atoms with Crippen LogP contribution in [-0.2, 0) is 0 Å². The molecule has 0 bridgehead atoms. The van der Waals surface area contributed by atoms with Gasteiger partial charge < -0.3 is 9.64 Å². The smallest absolute Gasteiger partial charge is 0.118 e. The zero-order valence-corrected chi connectivity index (χ0v) is 19.4. The molecule has 0 fully saturated rings. The van der Waals surface area contributed by atoms with Crippen molar-refractivity contribution in [3.8, 4) is 5.75 Å². The maximum Gasteiger partial charge on any atom is 0.118 e. The lowest BCUT2D eigenvalue weighted by Crippen LogP contribution is -2.09. The Labute approximate surface area is 197 Å². The third kappa shape index (κ3) is 5.81. The summed E-state index contributed by atoms with van der Waals surface area (Å²) >= 11 is 0. The molecule has 0 aliphatic heterocycles. The average Bonchev–Trinajstić information content (AvgIpc) is 2.85. The van der Waals surface area contributed by atoms with Gasteiger partial charge in [-0.15, -0.1) is 0 Å². The van der Waals surface area contributed by atoms with Gasteiger partial charge in [-0.2, -0.15) is 0 Å². The van der Waals surface area contributed by atoms with E-state index in [0.29, 0.717) is 0 Å². The number of methoxy groups -OCH3 is 1. The number of hydrogen-bond donors (Lipinski definition) is 0. The Morgan fingerprint density at radius 3 is 1.27 bits per heavy atom. The van der Waals surface area contributed by atoms with Crippen molar-refractivity contribution >= 4 is 29.2 Å². The van der Waals surface area contributed by atoms with Gasteiger partial charge in [0.15, 0.2) is 0 Å². The van der Waals surface area contributed by atoms with Crippen LogP contribution in [0.15, 0.2) is 109 Å². The molecule has 0 atom stereocenters. The lowest BCUT2D eigenvalue weighted by atomic mass is 10.1. The van der Waals surface area contributed by atoms with Crippen LogP contribution < -0.4 is 9.64 Å². The van der Waals surface area contributed by atoms with Crippen molar-refractivity contribution in [2.45, 2.75) is 13.8 Å². The van der Waals surface area contributed by atoms with Crippen molar-refractivity contribution in [2.75, 3.05) is 12.0 Å². The van der Waals surface area contributed by atoms with Crippen LogP contribution in [0.4, 0.5) is 17.1 Å². The SMILES string of the molecule is COc1ccc(C=CC=Cc2ccc(N(c3ccc(C)cc3)c3ccc(C)cc3)cc2)cc1. The van der Waals surface area contributed by atoms with Gasteiger partial charge in [0.25, 0.3) is 0 Å². The van der Waals surface area contributed by atoms with Crippen LogP contribution in [-0.4, -0.2) is 7.11 Å². The van der Waals surface area contributed by atoms with E-state index in [1.807, 2.05) is 24.3 Å². The highest BCUT2D eigenvalue weighted by molar-refractivity contribution is 5.77. The van der Waals surface area contributed by atoms with Gasteiger partial charge in [-0.25, -0.2) is 0 Å². The number of hydrogen-bond acceptors (Lipinski definition) is 2. The Balaban J connectivity index is 1.53. The average molecular weight is 432 g/mol. The zero-order chi connectivity index (χ0) is 23.0. The fraction of sp³-hybridized carbons (Fsp3) is 0.0968. The summed E-state index contributed by atoms with van der Waals surface area (Å²) in [6, 6.07) is 34.0. The molecule has 0 radical (unpaired) electrons. The highest BCUT2D eigenvalue weighted by Crippen LogP contribution is 2.34. The normalized spacial score (nSPS) is 11.2. The van der Waals surface area contributed by atoms with E-state index in [2.05, 4.69) is 116 Å². The fourth-order valence-electron chi connectivity index (χ4n) is 3.62. The van der Waals surface area contributed by atoms with Gasteiger partial charge in [0.05, 0.1) is 7.11 Å². The molecule has 33 heavy (non-hydrogen) atoms. The predicted molar refractivity (Wildman–Crippen MR) is 142 cm³/mol. The molecule has 0 aromatic heterocycles. The molecular weight excluding hydrogens is 402 g/mol. The minimum atomic E-state index is 0.869. The topological polar surface area (TPSA) is 12.5 Å². The summed E-state index contributed by atoms with van der Waals surface area (Å²) in [7, 11) is 1.68. The molecule has 0 amide bonds. The van der Waals surface area contributed by atoms with Gasteiger partial charge in [-0.05, 0) is 73.5 Å². The first-order chi connectivity index (χ1) is 16.1. The number of anilines is 3. The molecule has 164 valence electrons. The van der Waals surface area contributed by atoms with Crippen LogP contribution in [0.2, 0.25) is 0 Å². The van der Waals surface area contributed by atoms with Crippen molar-refractivity contribution in [2.24, 2.45) is 0 Å². The van der Waals surface area contributed by atoms with E-state index in [9.17, 15) is 0 Å². The molecule has 0 heterocycles. The molecular formula is C31H29NO. The van der Waals surface area contributed by atoms with E-state index in [1.54, 1.807) is 7.11 Å². The first-order valence-corrected chi connectivity index (χ1v) is 11.1. The quantitative estimate of drug-likeness (QED) is 0.272. The van der Waals surface area contributed by atoms with Gasteiger partial charge in [0.1, 0.15) is 5.75 Å². The Morgan fingerprint density at radius 2 is 0.879 bits per heavy atom. The summed E-state index contributed by atoms with van der Waals surface area (Å²) in [5, 5.41) is 0. The minimum absolute atomic E-state index is 0.869. The third-order valence-electron chi connectivity index (χ3n) is 5.54. The highest BCUT2D eigenvalue weighted by Gasteiger charge is 2.11. The minimum Gasteiger partial charge on any atom is -0.497 e. The predicted octanol–water partition coefficient (Wildman–Crippen LogP) is 8.51. The lowest BCUT2D eigenvalue weighted by Gasteiger charge is -2.25. The number of aryl methyl sites for hydroxylation is 2. The van der Waals surface area contributed by atoms with Gasteiger partial charge in [-0.3, -0.25) is 0 Å². The Morgan fingerprint density at radius 1 is 0.515 bits per heavy atom. The molecule has 0 unspecified atom stereocenters. The van der Waals surface area contributed by atoms with E-state index in [4.69, 9.17) is 4.74 Å². The summed E-state index contributed by atoms with van der Waals surface area (Å²) in [6.45, 7) is 4.23. The molecule has 0 aliphatic carbocycles. The van der Waals surface area contributed by atoms with Crippen molar-refractivity contribution in [3.05, 3.63) is 131 Å². The summed E-state index contributed by atoms with van der Waals surface area (Å²) in [6.07, 6.45) is 8.32. The summed E-state index contributed by atoms with van der Waals surface area (Å²) in [5.41, 5.74) is 8.24. The summed E-state index contributed by atoms with van der Waals surface area (Å²) < 4.78 is 5.20. The van der Waals surface area contributed by atoms with Gasteiger partial charge in [-0.1, -0.05) is 84.0 Å². The van der Waals surface area contributed by atoms with Crippen molar-refractivity contribution < 1.29 is 4.74 Å². The van der Waals surface area contributed by atoms with Crippen molar-refractivity contribution in [1.29, 1.82) is 0 Å². The standard InChI is InChI=1S/C31H29NO/c1-24-8-16-28(17-9-24)32(29-18-10-25(2)11-19-29)30-20-12-26(13-21-30)6-4-5-7-27-14-22-31(33-3)23-15-27/h4-23H,1-3H3. The summed E-state index contributed by atoms with van der Waals surface area (Å²) in [4.78, 5) is 2.29. The van der Waals surface area contributed by atoms with Crippen LogP contribution in [0.5, 0.6) is 5.75 Å². The molecule has 0 spiro atoms. The second-order valence-electron chi connectivity index (χ2n) is 8.09. The van der Waals surface area contributed by atoms with E-state index < -0.39 is 0 Å².